The molecule has 1 aromatic rings. The van der Waals surface area contributed by atoms with E-state index in [1.54, 1.807) is 0 Å². The van der Waals surface area contributed by atoms with Crippen molar-refractivity contribution >= 4 is 5.91 Å². The summed E-state index contributed by atoms with van der Waals surface area (Å²) < 4.78 is 0. The van der Waals surface area contributed by atoms with Crippen molar-refractivity contribution in [2.24, 2.45) is 11.7 Å². The molecule has 4 heteroatoms. The zero-order valence-electron chi connectivity index (χ0n) is 12.9. The molecule has 1 fully saturated rings. The molecule has 1 aliphatic rings. The monoisotopic (exact) mass is 290 g/mol. The molecule has 1 heterocycles. The van der Waals surface area contributed by atoms with E-state index in [1.165, 1.54) is 0 Å². The standard InChI is InChI=1S/C17H26N2O2/c1-12(2)16(18)17(21)19-10-6-9-14(19)11-15(20)13-7-4-3-5-8-13/h3-5,7-8,12,14-16,20H,6,9-11,18H2,1-2H3/t14-,15-,16+/m1/s1. The molecule has 1 aromatic carbocycles. The van der Waals surface area contributed by atoms with Crippen molar-refractivity contribution < 1.29 is 9.90 Å². The number of rotatable bonds is 5. The molecule has 1 saturated heterocycles. The third kappa shape index (κ3) is 3.83. The molecule has 4 nitrogen and oxygen atoms in total. The maximum Gasteiger partial charge on any atom is 0.239 e. The number of carbonyl (C=O) groups excluding carboxylic acids is 1. The second kappa shape index (κ2) is 7.05. The van der Waals surface area contributed by atoms with Gasteiger partial charge in [-0.15, -0.1) is 0 Å². The number of nitrogens with two attached hydrogens (primary N) is 1. The van der Waals surface area contributed by atoms with Crippen LogP contribution in [0.15, 0.2) is 30.3 Å². The number of amides is 1. The molecule has 0 bridgehead atoms. The minimum atomic E-state index is -0.528. The largest absolute Gasteiger partial charge is 0.388 e. The van der Waals surface area contributed by atoms with Gasteiger partial charge in [0.25, 0.3) is 0 Å². The van der Waals surface area contributed by atoms with Crippen LogP contribution in [0.2, 0.25) is 0 Å². The molecule has 3 N–H and O–H groups in total. The summed E-state index contributed by atoms with van der Waals surface area (Å²) in [5.74, 6) is 0.158. The average molecular weight is 290 g/mol. The first-order valence-corrected chi connectivity index (χ1v) is 7.79. The van der Waals surface area contributed by atoms with Gasteiger partial charge in [0.05, 0.1) is 12.1 Å². The zero-order chi connectivity index (χ0) is 15.4. The van der Waals surface area contributed by atoms with Gasteiger partial charge >= 0.3 is 0 Å². The maximum absolute atomic E-state index is 12.4. The molecule has 0 radical (unpaired) electrons. The van der Waals surface area contributed by atoms with Crippen LogP contribution in [-0.2, 0) is 4.79 Å². The second-order valence-electron chi connectivity index (χ2n) is 6.26. The fraction of sp³-hybridized carbons (Fsp3) is 0.588. The second-order valence-corrected chi connectivity index (χ2v) is 6.26. The minimum Gasteiger partial charge on any atom is -0.388 e. The zero-order valence-corrected chi connectivity index (χ0v) is 12.9. The molecule has 1 aliphatic heterocycles. The van der Waals surface area contributed by atoms with Crippen molar-refractivity contribution in [2.75, 3.05) is 6.54 Å². The van der Waals surface area contributed by atoms with Gasteiger partial charge in [-0.25, -0.2) is 0 Å². The molecular formula is C17H26N2O2. The van der Waals surface area contributed by atoms with Crippen LogP contribution in [-0.4, -0.2) is 34.5 Å². The fourth-order valence-corrected chi connectivity index (χ4v) is 2.92. The van der Waals surface area contributed by atoms with Gasteiger partial charge in [0.2, 0.25) is 5.91 Å². The Morgan fingerprint density at radius 1 is 1.38 bits per heavy atom. The summed E-state index contributed by atoms with van der Waals surface area (Å²) in [6.07, 6.45) is 1.99. The van der Waals surface area contributed by atoms with Crippen LogP contribution in [0.4, 0.5) is 0 Å². The van der Waals surface area contributed by atoms with E-state index in [-0.39, 0.29) is 17.9 Å². The number of hydrogen-bond acceptors (Lipinski definition) is 3. The normalized spacial score (nSPS) is 21.6. The Balaban J connectivity index is 2.01. The van der Waals surface area contributed by atoms with Crippen molar-refractivity contribution in [2.45, 2.75) is 51.3 Å². The van der Waals surface area contributed by atoms with E-state index in [9.17, 15) is 9.90 Å². The molecule has 0 unspecified atom stereocenters. The van der Waals surface area contributed by atoms with Crippen LogP contribution >= 0.6 is 0 Å². The molecular weight excluding hydrogens is 264 g/mol. The molecule has 0 aliphatic carbocycles. The molecule has 1 amide bonds. The smallest absolute Gasteiger partial charge is 0.239 e. The van der Waals surface area contributed by atoms with Crippen LogP contribution in [0.3, 0.4) is 0 Å². The SMILES string of the molecule is CC(C)[C@H](N)C(=O)N1CCC[C@@H]1C[C@@H](O)c1ccccc1. The Bertz CT molecular complexity index is 461. The van der Waals surface area contributed by atoms with Crippen molar-refractivity contribution in [3.05, 3.63) is 35.9 Å². The summed E-state index contributed by atoms with van der Waals surface area (Å²) in [5.41, 5.74) is 6.90. The van der Waals surface area contributed by atoms with Crippen LogP contribution in [0.25, 0.3) is 0 Å². The predicted molar refractivity (Wildman–Crippen MR) is 83.6 cm³/mol. The first-order chi connectivity index (χ1) is 10.0. The number of nitrogens with zero attached hydrogens (tertiary/aromatic N) is 1. The van der Waals surface area contributed by atoms with Crippen LogP contribution < -0.4 is 5.73 Å². The van der Waals surface area contributed by atoms with E-state index < -0.39 is 12.1 Å². The number of likely N-dealkylation sites (tertiary alicyclic amines) is 1. The van der Waals surface area contributed by atoms with Gasteiger partial charge in [-0.2, -0.15) is 0 Å². The summed E-state index contributed by atoms with van der Waals surface area (Å²) in [6.45, 7) is 4.68. The van der Waals surface area contributed by atoms with Crippen molar-refractivity contribution in [1.29, 1.82) is 0 Å². The summed E-state index contributed by atoms with van der Waals surface area (Å²) >= 11 is 0. The summed E-state index contributed by atoms with van der Waals surface area (Å²) in [6, 6.07) is 9.27. The lowest BCUT2D eigenvalue weighted by Gasteiger charge is -2.30. The van der Waals surface area contributed by atoms with E-state index in [4.69, 9.17) is 5.73 Å². The number of carbonyl (C=O) groups is 1. The Morgan fingerprint density at radius 2 is 2.05 bits per heavy atom. The quantitative estimate of drug-likeness (QED) is 0.872. The highest BCUT2D eigenvalue weighted by atomic mass is 16.3. The van der Waals surface area contributed by atoms with Gasteiger partial charge in [-0.05, 0) is 30.7 Å². The summed E-state index contributed by atoms with van der Waals surface area (Å²) in [7, 11) is 0. The first-order valence-electron chi connectivity index (χ1n) is 7.79. The number of hydrogen-bond donors (Lipinski definition) is 2. The third-order valence-corrected chi connectivity index (χ3v) is 4.34. The predicted octanol–water partition coefficient (Wildman–Crippen LogP) is 2.08. The first kappa shape index (κ1) is 16.0. The molecule has 116 valence electrons. The Kier molecular flexibility index (Phi) is 5.37. The van der Waals surface area contributed by atoms with Gasteiger partial charge in [-0.1, -0.05) is 44.2 Å². The Labute approximate surface area is 126 Å². The van der Waals surface area contributed by atoms with E-state index in [2.05, 4.69) is 0 Å². The Morgan fingerprint density at radius 3 is 2.67 bits per heavy atom. The molecule has 3 atom stereocenters. The average Bonchev–Trinajstić information content (AvgIpc) is 2.94. The van der Waals surface area contributed by atoms with Crippen LogP contribution in [0.1, 0.15) is 44.8 Å². The lowest BCUT2D eigenvalue weighted by atomic mass is 9.99. The summed E-state index contributed by atoms with van der Waals surface area (Å²) in [5, 5.41) is 10.4. The van der Waals surface area contributed by atoms with Crippen molar-refractivity contribution in [3.63, 3.8) is 0 Å². The Hall–Kier alpha value is -1.39. The number of aliphatic hydroxyl groups is 1. The molecule has 0 aromatic heterocycles. The highest BCUT2D eigenvalue weighted by Crippen LogP contribution is 2.28. The van der Waals surface area contributed by atoms with Crippen LogP contribution in [0, 0.1) is 5.92 Å². The molecule has 21 heavy (non-hydrogen) atoms. The fourth-order valence-electron chi connectivity index (χ4n) is 2.92. The molecule has 0 spiro atoms. The van der Waals surface area contributed by atoms with Crippen LogP contribution in [0.5, 0.6) is 0 Å². The number of aliphatic hydroxyl groups excluding tert-OH is 1. The van der Waals surface area contributed by atoms with E-state index in [0.29, 0.717) is 6.42 Å². The van der Waals surface area contributed by atoms with Gasteiger partial charge in [0.1, 0.15) is 0 Å². The van der Waals surface area contributed by atoms with E-state index in [1.807, 2.05) is 49.1 Å². The topological polar surface area (TPSA) is 66.6 Å². The van der Waals surface area contributed by atoms with E-state index in [0.717, 1.165) is 24.9 Å². The molecule has 2 rings (SSSR count). The third-order valence-electron chi connectivity index (χ3n) is 4.34. The minimum absolute atomic E-state index is 0.0211. The lowest BCUT2D eigenvalue weighted by molar-refractivity contribution is -0.134. The van der Waals surface area contributed by atoms with Gasteiger partial charge in [-0.3, -0.25) is 4.79 Å². The van der Waals surface area contributed by atoms with Crippen molar-refractivity contribution in [1.82, 2.24) is 4.90 Å². The lowest BCUT2D eigenvalue weighted by Crippen LogP contribution is -2.48. The summed E-state index contributed by atoms with van der Waals surface area (Å²) in [4.78, 5) is 14.3. The highest BCUT2D eigenvalue weighted by molar-refractivity contribution is 5.82. The van der Waals surface area contributed by atoms with Crippen molar-refractivity contribution in [3.8, 4) is 0 Å². The maximum atomic E-state index is 12.4. The number of benzene rings is 1. The van der Waals surface area contributed by atoms with Gasteiger partial charge < -0.3 is 15.7 Å². The molecule has 0 saturated carbocycles. The van der Waals surface area contributed by atoms with E-state index >= 15 is 0 Å². The van der Waals surface area contributed by atoms with Gasteiger partial charge in [0, 0.05) is 12.6 Å². The highest BCUT2D eigenvalue weighted by Gasteiger charge is 2.33. The van der Waals surface area contributed by atoms with Gasteiger partial charge in [0.15, 0.2) is 0 Å².